The van der Waals surface area contributed by atoms with Crippen LogP contribution < -0.4 is 0 Å². The number of nitrogens with zero attached hydrogens (tertiary/aromatic N) is 1. The maximum Gasteiger partial charge on any atom is 0.335 e. The van der Waals surface area contributed by atoms with Crippen LogP contribution in [0.1, 0.15) is 33.1 Å². The van der Waals surface area contributed by atoms with Crippen LogP contribution in [0.3, 0.4) is 0 Å². The second kappa shape index (κ2) is 8.80. The van der Waals surface area contributed by atoms with Crippen LogP contribution in [0.25, 0.3) is 5.76 Å². The van der Waals surface area contributed by atoms with E-state index in [1.807, 2.05) is 6.07 Å². The molecule has 1 aliphatic heterocycles. The van der Waals surface area contributed by atoms with Crippen molar-refractivity contribution in [2.45, 2.75) is 12.6 Å². The highest BCUT2D eigenvalue weighted by Gasteiger charge is 2.46. The number of carboxylic acids is 1. The average molecular weight is 492 g/mol. The number of benzene rings is 3. The first kappa shape index (κ1) is 21.5. The van der Waals surface area contributed by atoms with E-state index in [1.54, 1.807) is 60.7 Å². The topological polar surface area (TPSA) is 94.9 Å². The number of ketones is 1. The van der Waals surface area contributed by atoms with Crippen LogP contribution in [0.5, 0.6) is 0 Å². The predicted molar refractivity (Wildman–Crippen MR) is 122 cm³/mol. The van der Waals surface area contributed by atoms with E-state index in [4.69, 9.17) is 5.11 Å². The number of carbonyl (C=O) groups excluding carboxylic acids is 2. The quantitative estimate of drug-likeness (QED) is 0.304. The Morgan fingerprint density at radius 3 is 2.03 bits per heavy atom. The molecule has 0 aromatic heterocycles. The number of carboxylic acid groups (broad SMARTS) is 1. The minimum absolute atomic E-state index is 0.0191. The number of carbonyl (C=O) groups is 3. The van der Waals surface area contributed by atoms with E-state index in [0.717, 1.165) is 4.47 Å². The fourth-order valence-corrected chi connectivity index (χ4v) is 4.00. The molecule has 0 radical (unpaired) electrons. The number of likely N-dealkylation sites (tertiary alicyclic amines) is 1. The Morgan fingerprint density at radius 1 is 0.844 bits per heavy atom. The Hall–Kier alpha value is -3.71. The standard InChI is InChI=1S/C25H18BrNO5/c26-19-12-10-17(11-13-19)22(28)20-21(16-4-2-1-3-5-16)27(24(30)23(20)29)14-15-6-8-18(9-7-15)25(31)32/h1-13,21,28H,14H2,(H,31,32)/b22-20+. The van der Waals surface area contributed by atoms with E-state index >= 15 is 0 Å². The van der Waals surface area contributed by atoms with Crippen LogP contribution in [-0.4, -0.2) is 32.8 Å². The van der Waals surface area contributed by atoms with Gasteiger partial charge in [-0.15, -0.1) is 0 Å². The van der Waals surface area contributed by atoms with E-state index in [9.17, 15) is 19.5 Å². The molecule has 4 rings (SSSR count). The molecule has 160 valence electrons. The van der Waals surface area contributed by atoms with Gasteiger partial charge in [-0.1, -0.05) is 70.5 Å². The monoisotopic (exact) mass is 491 g/mol. The molecule has 1 saturated heterocycles. The Bertz CT molecular complexity index is 1220. The lowest BCUT2D eigenvalue weighted by Crippen LogP contribution is -2.29. The van der Waals surface area contributed by atoms with E-state index in [1.165, 1.54) is 17.0 Å². The number of aliphatic hydroxyl groups excluding tert-OH is 1. The fourth-order valence-electron chi connectivity index (χ4n) is 3.74. The zero-order valence-corrected chi connectivity index (χ0v) is 18.3. The molecule has 0 spiro atoms. The van der Waals surface area contributed by atoms with Crippen molar-refractivity contribution in [2.24, 2.45) is 0 Å². The Kier molecular flexibility index (Phi) is 5.92. The van der Waals surface area contributed by atoms with Crippen molar-refractivity contribution >= 4 is 39.3 Å². The SMILES string of the molecule is O=C1C(=O)N(Cc2ccc(C(=O)O)cc2)C(c2ccccc2)/C1=C(\O)c1ccc(Br)cc1. The molecular weight excluding hydrogens is 474 g/mol. The fraction of sp³-hybridized carbons (Fsp3) is 0.0800. The van der Waals surface area contributed by atoms with Crippen LogP contribution in [0.15, 0.2) is 88.9 Å². The summed E-state index contributed by atoms with van der Waals surface area (Å²) in [5.41, 5.74) is 1.93. The summed E-state index contributed by atoms with van der Waals surface area (Å²) in [6.07, 6.45) is 0. The van der Waals surface area contributed by atoms with E-state index in [-0.39, 0.29) is 23.4 Å². The molecule has 3 aromatic carbocycles. The number of hydrogen-bond acceptors (Lipinski definition) is 4. The van der Waals surface area contributed by atoms with Crippen molar-refractivity contribution in [1.29, 1.82) is 0 Å². The molecule has 3 aromatic rings. The second-order valence-electron chi connectivity index (χ2n) is 7.35. The number of amides is 1. The first-order chi connectivity index (χ1) is 15.4. The average Bonchev–Trinajstić information content (AvgIpc) is 3.05. The second-order valence-corrected chi connectivity index (χ2v) is 8.26. The Morgan fingerprint density at radius 2 is 1.44 bits per heavy atom. The molecular formula is C25H18BrNO5. The lowest BCUT2D eigenvalue weighted by molar-refractivity contribution is -0.140. The number of aromatic carboxylic acids is 1. The maximum absolute atomic E-state index is 13.0. The zero-order chi connectivity index (χ0) is 22.8. The number of Topliss-reactive ketones (excluding diaryl/α,β-unsaturated/α-hetero) is 1. The van der Waals surface area contributed by atoms with Gasteiger partial charge < -0.3 is 15.1 Å². The molecule has 6 nitrogen and oxygen atoms in total. The highest BCUT2D eigenvalue weighted by Crippen LogP contribution is 2.40. The minimum Gasteiger partial charge on any atom is -0.507 e. The Balaban J connectivity index is 1.80. The third-order valence-electron chi connectivity index (χ3n) is 5.33. The number of hydrogen-bond donors (Lipinski definition) is 2. The number of aliphatic hydroxyl groups is 1. The number of rotatable bonds is 5. The van der Waals surface area contributed by atoms with Gasteiger partial charge in [-0.25, -0.2) is 4.79 Å². The van der Waals surface area contributed by atoms with Gasteiger partial charge in [0, 0.05) is 16.6 Å². The summed E-state index contributed by atoms with van der Waals surface area (Å²) in [6, 6.07) is 21.2. The third kappa shape index (κ3) is 4.07. The van der Waals surface area contributed by atoms with Gasteiger partial charge in [-0.2, -0.15) is 0 Å². The number of halogens is 1. The molecule has 32 heavy (non-hydrogen) atoms. The largest absolute Gasteiger partial charge is 0.507 e. The van der Waals surface area contributed by atoms with Gasteiger partial charge in [-0.05, 0) is 35.4 Å². The highest BCUT2D eigenvalue weighted by atomic mass is 79.9. The Labute approximate surface area is 192 Å². The minimum atomic E-state index is -1.05. The maximum atomic E-state index is 13.0. The van der Waals surface area contributed by atoms with Crippen molar-refractivity contribution in [2.75, 3.05) is 0 Å². The molecule has 1 atom stereocenters. The van der Waals surface area contributed by atoms with Gasteiger partial charge in [0.25, 0.3) is 11.7 Å². The molecule has 1 unspecified atom stereocenters. The van der Waals surface area contributed by atoms with Gasteiger partial charge >= 0.3 is 5.97 Å². The van der Waals surface area contributed by atoms with Gasteiger partial charge in [0.2, 0.25) is 0 Å². The highest BCUT2D eigenvalue weighted by molar-refractivity contribution is 9.10. The van der Waals surface area contributed by atoms with Crippen LogP contribution in [0.4, 0.5) is 0 Å². The molecule has 0 saturated carbocycles. The molecule has 0 aliphatic carbocycles. The molecule has 1 heterocycles. The summed E-state index contributed by atoms with van der Waals surface area (Å²) < 4.78 is 0.818. The zero-order valence-electron chi connectivity index (χ0n) is 16.7. The third-order valence-corrected chi connectivity index (χ3v) is 5.86. The first-order valence-corrected chi connectivity index (χ1v) is 10.6. The lowest BCUT2D eigenvalue weighted by atomic mass is 9.95. The van der Waals surface area contributed by atoms with Crippen LogP contribution in [-0.2, 0) is 16.1 Å². The van der Waals surface area contributed by atoms with E-state index in [0.29, 0.717) is 16.7 Å². The van der Waals surface area contributed by atoms with Crippen molar-refractivity contribution in [3.8, 4) is 0 Å². The van der Waals surface area contributed by atoms with E-state index < -0.39 is 23.7 Å². The normalized spacial score (nSPS) is 17.5. The van der Waals surface area contributed by atoms with Crippen LogP contribution >= 0.6 is 15.9 Å². The predicted octanol–water partition coefficient (Wildman–Crippen LogP) is 4.77. The summed E-state index contributed by atoms with van der Waals surface area (Å²) in [5, 5.41) is 20.1. The summed E-state index contributed by atoms with van der Waals surface area (Å²) >= 11 is 3.34. The van der Waals surface area contributed by atoms with Crippen LogP contribution in [0.2, 0.25) is 0 Å². The molecule has 1 aliphatic rings. The summed E-state index contributed by atoms with van der Waals surface area (Å²) in [7, 11) is 0. The summed E-state index contributed by atoms with van der Waals surface area (Å²) in [6.45, 7) is 0.0845. The smallest absolute Gasteiger partial charge is 0.335 e. The molecule has 0 bridgehead atoms. The van der Waals surface area contributed by atoms with Crippen LogP contribution in [0, 0.1) is 0 Å². The molecule has 7 heteroatoms. The molecule has 1 amide bonds. The van der Waals surface area contributed by atoms with Crippen molar-refractivity contribution < 1.29 is 24.6 Å². The summed E-state index contributed by atoms with van der Waals surface area (Å²) in [5.74, 6) is -2.77. The summed E-state index contributed by atoms with van der Waals surface area (Å²) in [4.78, 5) is 38.5. The van der Waals surface area contributed by atoms with Gasteiger partial charge in [0.05, 0.1) is 17.2 Å². The van der Waals surface area contributed by atoms with Gasteiger partial charge in [0.1, 0.15) is 5.76 Å². The van der Waals surface area contributed by atoms with Crippen molar-refractivity contribution in [3.05, 3.63) is 111 Å². The molecule has 2 N–H and O–H groups in total. The molecule has 1 fully saturated rings. The lowest BCUT2D eigenvalue weighted by Gasteiger charge is -2.25. The van der Waals surface area contributed by atoms with Gasteiger partial charge in [-0.3, -0.25) is 9.59 Å². The first-order valence-electron chi connectivity index (χ1n) is 9.78. The van der Waals surface area contributed by atoms with Crippen molar-refractivity contribution in [3.63, 3.8) is 0 Å². The van der Waals surface area contributed by atoms with Gasteiger partial charge in [0.15, 0.2) is 0 Å². The van der Waals surface area contributed by atoms with E-state index in [2.05, 4.69) is 15.9 Å². The van der Waals surface area contributed by atoms with Crippen molar-refractivity contribution in [1.82, 2.24) is 4.90 Å².